The molecule has 2 aromatic rings. The normalized spacial score (nSPS) is 10.4. The van der Waals surface area contributed by atoms with Crippen LogP contribution in [0.4, 0.5) is 13.2 Å². The molecule has 0 bridgehead atoms. The van der Waals surface area contributed by atoms with Crippen LogP contribution in [0, 0.1) is 22.1 Å². The second-order valence-corrected chi connectivity index (χ2v) is 3.61. The second kappa shape index (κ2) is 4.09. The first-order valence-corrected chi connectivity index (χ1v) is 4.83. The van der Waals surface area contributed by atoms with Crippen molar-refractivity contribution >= 4 is 12.2 Å². The summed E-state index contributed by atoms with van der Waals surface area (Å²) in [6.07, 6.45) is 0. The predicted octanol–water partition coefficient (Wildman–Crippen LogP) is 3.83. The first-order valence-electron chi connectivity index (χ1n) is 4.42. The van der Waals surface area contributed by atoms with Gasteiger partial charge in [0.2, 0.25) is 0 Å². The van der Waals surface area contributed by atoms with E-state index in [1.807, 2.05) is 0 Å². The number of rotatable bonds is 1. The number of halogens is 3. The zero-order valence-corrected chi connectivity index (χ0v) is 8.75. The average molecular weight is 241 g/mol. The Hall–Kier alpha value is -1.62. The molecule has 0 aliphatic heterocycles. The number of pyridine rings is 1. The largest absolute Gasteiger partial charge is 0.346 e. The van der Waals surface area contributed by atoms with Crippen LogP contribution >= 0.6 is 12.2 Å². The second-order valence-electron chi connectivity index (χ2n) is 3.17. The highest BCUT2D eigenvalue weighted by Crippen LogP contribution is 2.23. The Bertz CT molecular complexity index is 592. The SMILES string of the molecule is Fc1cc(F)c(-c2cccc(=S)[nH]2)cc1F. The van der Waals surface area contributed by atoms with E-state index in [0.717, 1.165) is 6.07 Å². The van der Waals surface area contributed by atoms with Crippen molar-refractivity contribution in [1.29, 1.82) is 0 Å². The maximum absolute atomic E-state index is 13.4. The Balaban J connectivity index is 2.65. The van der Waals surface area contributed by atoms with Crippen molar-refractivity contribution in [3.05, 3.63) is 52.4 Å². The quantitative estimate of drug-likeness (QED) is 0.592. The predicted molar refractivity (Wildman–Crippen MR) is 56.9 cm³/mol. The maximum atomic E-state index is 13.4. The van der Waals surface area contributed by atoms with Gasteiger partial charge >= 0.3 is 0 Å². The molecule has 0 unspecified atom stereocenters. The van der Waals surface area contributed by atoms with Crippen LogP contribution < -0.4 is 0 Å². The Kier molecular flexibility index (Phi) is 2.78. The molecule has 1 aromatic heterocycles. The van der Waals surface area contributed by atoms with Gasteiger partial charge in [-0.2, -0.15) is 0 Å². The van der Waals surface area contributed by atoms with E-state index in [9.17, 15) is 13.2 Å². The molecule has 0 aliphatic carbocycles. The zero-order chi connectivity index (χ0) is 11.7. The molecule has 16 heavy (non-hydrogen) atoms. The van der Waals surface area contributed by atoms with Gasteiger partial charge in [-0.05, 0) is 18.2 Å². The molecule has 0 spiro atoms. The fourth-order valence-electron chi connectivity index (χ4n) is 1.33. The molecule has 1 nitrogen and oxygen atoms in total. The molecule has 0 fully saturated rings. The summed E-state index contributed by atoms with van der Waals surface area (Å²) in [4.78, 5) is 2.70. The lowest BCUT2D eigenvalue weighted by Crippen LogP contribution is -1.93. The number of hydrogen-bond acceptors (Lipinski definition) is 1. The van der Waals surface area contributed by atoms with E-state index in [-0.39, 0.29) is 5.56 Å². The van der Waals surface area contributed by atoms with E-state index in [4.69, 9.17) is 12.2 Å². The number of aromatic amines is 1. The molecule has 0 saturated carbocycles. The Labute approximate surface area is 94.6 Å². The molecule has 0 amide bonds. The fourth-order valence-corrected chi connectivity index (χ4v) is 1.52. The molecular weight excluding hydrogens is 235 g/mol. The van der Waals surface area contributed by atoms with Crippen LogP contribution in [0.2, 0.25) is 0 Å². The minimum atomic E-state index is -1.21. The molecular formula is C11H6F3NS. The van der Waals surface area contributed by atoms with Crippen LogP contribution in [-0.4, -0.2) is 4.98 Å². The van der Waals surface area contributed by atoms with Gasteiger partial charge in [-0.25, -0.2) is 13.2 Å². The summed E-state index contributed by atoms with van der Waals surface area (Å²) in [7, 11) is 0. The van der Waals surface area contributed by atoms with Crippen LogP contribution in [0.1, 0.15) is 0 Å². The third kappa shape index (κ3) is 1.99. The van der Waals surface area contributed by atoms with Gasteiger partial charge in [-0.1, -0.05) is 18.3 Å². The monoisotopic (exact) mass is 241 g/mol. The molecule has 2 rings (SSSR count). The summed E-state index contributed by atoms with van der Waals surface area (Å²) in [6.45, 7) is 0. The summed E-state index contributed by atoms with van der Waals surface area (Å²) in [6, 6.07) is 6.05. The van der Waals surface area contributed by atoms with E-state index in [0.29, 0.717) is 16.4 Å². The lowest BCUT2D eigenvalue weighted by atomic mass is 10.1. The minimum absolute atomic E-state index is 0.0504. The number of aromatic nitrogens is 1. The van der Waals surface area contributed by atoms with E-state index in [1.54, 1.807) is 12.1 Å². The molecule has 0 saturated heterocycles. The summed E-state index contributed by atoms with van der Waals surface area (Å²) >= 11 is 4.86. The van der Waals surface area contributed by atoms with Gasteiger partial charge in [-0.15, -0.1) is 0 Å². The third-order valence-corrected chi connectivity index (χ3v) is 2.31. The highest BCUT2D eigenvalue weighted by molar-refractivity contribution is 7.71. The van der Waals surface area contributed by atoms with Crippen molar-refractivity contribution < 1.29 is 13.2 Å². The van der Waals surface area contributed by atoms with Gasteiger partial charge in [0.25, 0.3) is 0 Å². The number of benzene rings is 1. The zero-order valence-electron chi connectivity index (χ0n) is 7.93. The van der Waals surface area contributed by atoms with Crippen LogP contribution in [0.25, 0.3) is 11.3 Å². The molecule has 0 radical (unpaired) electrons. The summed E-state index contributed by atoms with van der Waals surface area (Å²) < 4.78 is 39.5. The van der Waals surface area contributed by atoms with E-state index >= 15 is 0 Å². The van der Waals surface area contributed by atoms with Crippen LogP contribution in [0.5, 0.6) is 0 Å². The Morgan fingerprint density at radius 3 is 2.31 bits per heavy atom. The van der Waals surface area contributed by atoms with Crippen molar-refractivity contribution in [3.8, 4) is 11.3 Å². The first-order chi connectivity index (χ1) is 7.58. The summed E-state index contributed by atoms with van der Waals surface area (Å²) in [5.41, 5.74) is 0.259. The topological polar surface area (TPSA) is 15.8 Å². The lowest BCUT2D eigenvalue weighted by molar-refractivity contribution is 0.496. The Morgan fingerprint density at radius 1 is 0.938 bits per heavy atom. The van der Waals surface area contributed by atoms with Gasteiger partial charge in [0.1, 0.15) is 10.5 Å². The molecule has 1 aromatic carbocycles. The van der Waals surface area contributed by atoms with Gasteiger partial charge in [0.05, 0.1) is 0 Å². The standard InChI is InChI=1S/C11H6F3NS/c12-7-5-9(14)8(13)4-6(7)10-2-1-3-11(16)15-10/h1-5H,(H,15,16). The van der Waals surface area contributed by atoms with Gasteiger partial charge in [-0.3, -0.25) is 0 Å². The van der Waals surface area contributed by atoms with E-state index in [1.165, 1.54) is 6.07 Å². The van der Waals surface area contributed by atoms with Crippen molar-refractivity contribution in [1.82, 2.24) is 4.98 Å². The molecule has 82 valence electrons. The molecule has 0 aliphatic rings. The molecule has 1 heterocycles. The lowest BCUT2D eigenvalue weighted by Gasteiger charge is -2.04. The minimum Gasteiger partial charge on any atom is -0.346 e. The van der Waals surface area contributed by atoms with Crippen molar-refractivity contribution in [3.63, 3.8) is 0 Å². The van der Waals surface area contributed by atoms with E-state index < -0.39 is 17.5 Å². The van der Waals surface area contributed by atoms with Crippen LogP contribution in [-0.2, 0) is 0 Å². The van der Waals surface area contributed by atoms with Gasteiger partial charge < -0.3 is 4.98 Å². The van der Waals surface area contributed by atoms with E-state index in [2.05, 4.69) is 4.98 Å². The molecule has 0 atom stereocenters. The molecule has 5 heteroatoms. The summed E-state index contributed by atoms with van der Waals surface area (Å²) in [5.74, 6) is -3.15. The van der Waals surface area contributed by atoms with Crippen molar-refractivity contribution in [2.24, 2.45) is 0 Å². The van der Waals surface area contributed by atoms with Crippen LogP contribution in [0.3, 0.4) is 0 Å². The smallest absolute Gasteiger partial charge is 0.161 e. The first kappa shape index (κ1) is 10.9. The maximum Gasteiger partial charge on any atom is 0.161 e. The third-order valence-electron chi connectivity index (χ3n) is 2.07. The number of nitrogens with one attached hydrogen (secondary N) is 1. The van der Waals surface area contributed by atoms with Gasteiger partial charge in [0, 0.05) is 17.3 Å². The number of H-pyrrole nitrogens is 1. The summed E-state index contributed by atoms with van der Waals surface area (Å²) in [5, 5.41) is 0. The van der Waals surface area contributed by atoms with Crippen molar-refractivity contribution in [2.45, 2.75) is 0 Å². The fraction of sp³-hybridized carbons (Fsp3) is 0. The molecule has 1 N–H and O–H groups in total. The average Bonchev–Trinajstić information content (AvgIpc) is 2.23. The number of hydrogen-bond donors (Lipinski definition) is 1. The highest BCUT2D eigenvalue weighted by atomic mass is 32.1. The van der Waals surface area contributed by atoms with Crippen molar-refractivity contribution in [2.75, 3.05) is 0 Å². The Morgan fingerprint density at radius 2 is 1.62 bits per heavy atom. The van der Waals surface area contributed by atoms with Crippen LogP contribution in [0.15, 0.2) is 30.3 Å². The highest BCUT2D eigenvalue weighted by Gasteiger charge is 2.11. The van der Waals surface area contributed by atoms with Gasteiger partial charge in [0.15, 0.2) is 11.6 Å².